The molecule has 4 heterocycles. The Kier molecular flexibility index (Phi) is 10.4. The third-order valence-electron chi connectivity index (χ3n) is 18.8. The van der Waals surface area contributed by atoms with Crippen LogP contribution < -0.4 is 42.3 Å². The lowest BCUT2D eigenvalue weighted by atomic mass is 9.32. The van der Waals surface area contributed by atoms with E-state index in [-0.39, 0.29) is 45.9 Å². The Labute approximate surface area is 476 Å². The van der Waals surface area contributed by atoms with Crippen LogP contribution >= 0.6 is 0 Å². The number of rotatable bonds is 2. The minimum atomic E-state index is -0.189. The maximum atomic E-state index is 7.04. The number of fused-ring (bicyclic) bond motifs is 8. The van der Waals surface area contributed by atoms with Gasteiger partial charge in [-0.15, -0.1) is 0 Å². The number of benzene rings is 10. The van der Waals surface area contributed by atoms with Gasteiger partial charge in [0.15, 0.2) is 0 Å². The van der Waals surface area contributed by atoms with Crippen LogP contribution in [0.4, 0.5) is 0 Å². The van der Waals surface area contributed by atoms with Crippen LogP contribution in [-0.4, -0.2) is 13.4 Å². The number of ether oxygens (including phenoxy) is 2. The summed E-state index contributed by atoms with van der Waals surface area (Å²) in [4.78, 5) is 0. The van der Waals surface area contributed by atoms with Crippen LogP contribution in [0.15, 0.2) is 133 Å². The number of hydrogen-bond donors (Lipinski definition) is 0. The molecule has 0 saturated carbocycles. The van der Waals surface area contributed by atoms with Gasteiger partial charge in [0.1, 0.15) is 23.0 Å². The fourth-order valence-electron chi connectivity index (χ4n) is 14.8. The first kappa shape index (κ1) is 51.1. The summed E-state index contributed by atoms with van der Waals surface area (Å²) in [6, 6.07) is 52.3. The van der Waals surface area contributed by atoms with Crippen molar-refractivity contribution in [3.63, 3.8) is 0 Å². The molecule has 0 fully saturated rings. The van der Waals surface area contributed by atoms with Crippen LogP contribution in [0.3, 0.4) is 0 Å². The molecule has 0 saturated heterocycles. The Morgan fingerprint density at radius 3 is 0.925 bits per heavy atom. The van der Waals surface area contributed by atoms with E-state index < -0.39 is 0 Å². The Balaban J connectivity index is 1.30. The van der Waals surface area contributed by atoms with Gasteiger partial charge in [0.05, 0.1) is 0 Å². The zero-order chi connectivity index (χ0) is 56.4. The summed E-state index contributed by atoms with van der Waals surface area (Å²) < 4.78 is 14.1. The highest BCUT2D eigenvalue weighted by molar-refractivity contribution is 7.01. The van der Waals surface area contributed by atoms with Gasteiger partial charge < -0.3 is 9.47 Å². The van der Waals surface area contributed by atoms with Gasteiger partial charge in [-0.05, 0) is 201 Å². The molecule has 0 spiro atoms. The Morgan fingerprint density at radius 2 is 0.600 bits per heavy atom. The lowest BCUT2D eigenvalue weighted by molar-refractivity contribution is 0.487. The highest BCUT2D eigenvalue weighted by Crippen LogP contribution is 2.55. The zero-order valence-electron chi connectivity index (χ0n) is 50.7. The molecule has 14 rings (SSSR count). The van der Waals surface area contributed by atoms with Crippen LogP contribution in [0.1, 0.15) is 158 Å². The summed E-state index contributed by atoms with van der Waals surface area (Å²) in [6.45, 7) is 43.3. The van der Waals surface area contributed by atoms with E-state index in [9.17, 15) is 0 Å². The Bertz CT molecular complexity index is 4000. The van der Waals surface area contributed by atoms with E-state index in [1.807, 2.05) is 0 Å². The molecule has 0 aromatic heterocycles. The van der Waals surface area contributed by atoms with E-state index in [2.05, 4.69) is 258 Å². The van der Waals surface area contributed by atoms with E-state index >= 15 is 0 Å². The van der Waals surface area contributed by atoms with Gasteiger partial charge in [0, 0.05) is 0 Å². The summed E-state index contributed by atoms with van der Waals surface area (Å²) in [5.41, 5.74) is 25.6. The van der Waals surface area contributed by atoms with E-state index in [1.165, 1.54) is 143 Å². The van der Waals surface area contributed by atoms with E-state index in [0.717, 1.165) is 23.0 Å². The standard InChI is InChI=1S/C76H76B2O2/c1-71(2,3)41-33-51(73(7,8)9)63(52(34-41)74(10,11)12)47-37-45-43-25-23-31-61-69(43)78(56-28-20-22-30-60(56)79-61)58-40-50-48(64-53(75(13,14)15)35-42(72(4,5)6)36-54(64)76(16,17)18)38-46-44-26-24-32-62-70(44)77(55-27-19-21-29-59(55)80-62)57-39-49(47)67(65(45)58)68(50)66(46)57/h19-40H,1-18H3. The van der Waals surface area contributed by atoms with Crippen LogP contribution in [0, 0.1) is 0 Å². The molecule has 10 aromatic rings. The number of para-hydroxylation sites is 2. The molecule has 0 amide bonds. The van der Waals surface area contributed by atoms with Crippen LogP contribution in [0.25, 0.3) is 76.8 Å². The normalized spacial score (nSPS) is 14.5. The Hall–Kier alpha value is -7.03. The molecule has 0 radical (unpaired) electrons. The fourth-order valence-corrected chi connectivity index (χ4v) is 14.8. The summed E-state index contributed by atoms with van der Waals surface area (Å²) in [5, 5.41) is 8.10. The summed E-state index contributed by atoms with van der Waals surface area (Å²) in [7, 11) is 0. The van der Waals surface area contributed by atoms with Crippen molar-refractivity contribution in [3.05, 3.63) is 167 Å². The van der Waals surface area contributed by atoms with Crippen LogP contribution in [-0.2, 0) is 32.5 Å². The van der Waals surface area contributed by atoms with E-state index in [1.54, 1.807) is 0 Å². The largest absolute Gasteiger partial charge is 0.458 e. The summed E-state index contributed by atoms with van der Waals surface area (Å²) in [6.07, 6.45) is 0. The smallest absolute Gasteiger partial charge is 0.252 e. The lowest BCUT2D eigenvalue weighted by Gasteiger charge is -2.39. The first-order chi connectivity index (χ1) is 37.5. The maximum absolute atomic E-state index is 7.04. The molecule has 4 heteroatoms. The van der Waals surface area contributed by atoms with Gasteiger partial charge in [-0.25, -0.2) is 0 Å². The molecular formula is C76H76B2O2. The SMILES string of the molecule is CC(C)(C)c1cc(C(C)(C)C)c(-c2cc3c4c(cc5c(-c6c(C(C)(C)C)cc(C(C)(C)C)cc6C(C)(C)C)cc6c7c(cc2c4c57)B2c4ccccc4Oc4cccc-6c42)B2c4ccccc4Oc4cccc-3c42)c(C(C)(C)C)c1. The van der Waals surface area contributed by atoms with Crippen molar-refractivity contribution < 1.29 is 9.47 Å². The average molecular weight is 1040 g/mol. The quantitative estimate of drug-likeness (QED) is 0.127. The topological polar surface area (TPSA) is 18.5 Å². The third-order valence-corrected chi connectivity index (χ3v) is 18.8. The first-order valence-corrected chi connectivity index (χ1v) is 29.6. The molecule has 4 aliphatic rings. The third kappa shape index (κ3) is 7.25. The maximum Gasteiger partial charge on any atom is 0.252 e. The summed E-state index contributed by atoms with van der Waals surface area (Å²) in [5.74, 6) is 3.77. The van der Waals surface area contributed by atoms with Crippen LogP contribution in [0.2, 0.25) is 0 Å². The number of hydrogen-bond acceptors (Lipinski definition) is 2. The minimum absolute atomic E-state index is 0.0459. The molecule has 80 heavy (non-hydrogen) atoms. The van der Waals surface area contributed by atoms with E-state index in [0.29, 0.717) is 0 Å². The average Bonchev–Trinajstić information content (AvgIpc) is 3.24. The first-order valence-electron chi connectivity index (χ1n) is 29.6. The van der Waals surface area contributed by atoms with Gasteiger partial charge in [0.2, 0.25) is 0 Å². The molecule has 0 bridgehead atoms. The highest BCUT2D eigenvalue weighted by atomic mass is 16.5. The second-order valence-electron chi connectivity index (χ2n) is 30.4. The predicted octanol–water partition coefficient (Wildman–Crippen LogP) is 16.9. The van der Waals surface area contributed by atoms with Gasteiger partial charge in [-0.2, -0.15) is 0 Å². The van der Waals surface area contributed by atoms with Gasteiger partial charge in [-0.1, -0.05) is 233 Å². The Morgan fingerprint density at radius 1 is 0.275 bits per heavy atom. The van der Waals surface area contributed by atoms with Crippen molar-refractivity contribution in [1.82, 2.24) is 0 Å². The van der Waals surface area contributed by atoms with Crippen molar-refractivity contribution in [1.29, 1.82) is 0 Å². The molecule has 0 aliphatic carbocycles. The van der Waals surface area contributed by atoms with Crippen molar-refractivity contribution in [2.45, 2.75) is 157 Å². The van der Waals surface area contributed by atoms with Crippen molar-refractivity contribution in [2.75, 3.05) is 0 Å². The molecule has 0 unspecified atom stereocenters. The molecule has 2 nitrogen and oxygen atoms in total. The lowest BCUT2D eigenvalue weighted by Crippen LogP contribution is -2.58. The minimum Gasteiger partial charge on any atom is -0.458 e. The van der Waals surface area contributed by atoms with Crippen molar-refractivity contribution >= 4 is 78.5 Å². The van der Waals surface area contributed by atoms with Gasteiger partial charge in [-0.3, -0.25) is 0 Å². The van der Waals surface area contributed by atoms with E-state index in [4.69, 9.17) is 9.47 Å². The molecule has 10 aromatic carbocycles. The fraction of sp³-hybridized carbons (Fsp3) is 0.316. The van der Waals surface area contributed by atoms with Gasteiger partial charge >= 0.3 is 0 Å². The predicted molar refractivity (Wildman–Crippen MR) is 346 cm³/mol. The molecule has 0 atom stereocenters. The monoisotopic (exact) mass is 1040 g/mol. The molecule has 4 aliphatic heterocycles. The second-order valence-corrected chi connectivity index (χ2v) is 30.4. The molecule has 398 valence electrons. The summed E-state index contributed by atoms with van der Waals surface area (Å²) >= 11 is 0. The second kappa shape index (κ2) is 16.3. The zero-order valence-corrected chi connectivity index (χ0v) is 50.7. The molecule has 0 N–H and O–H groups in total. The van der Waals surface area contributed by atoms with Crippen LogP contribution in [0.5, 0.6) is 23.0 Å². The highest BCUT2D eigenvalue weighted by Gasteiger charge is 2.45. The van der Waals surface area contributed by atoms with Gasteiger partial charge in [0.25, 0.3) is 13.4 Å². The van der Waals surface area contributed by atoms with Crippen molar-refractivity contribution in [3.8, 4) is 67.5 Å². The van der Waals surface area contributed by atoms with Crippen molar-refractivity contribution in [2.24, 2.45) is 0 Å². The molecular weight excluding hydrogens is 966 g/mol.